The number of anilines is 1. The molecular formula is C21H32N4O3. The standard InChI is InChI=1S/C21H32N4O3/c1-3-23-12-14-24(15-13-23)11-5-10-22-19-16-20(26)25(21(19)27)17-6-8-18(9-7-17)28-4-2/h6-9,19,22H,3-5,10-16H2,1-2H3/t19-/m0/s1. The molecule has 0 aliphatic carbocycles. The molecule has 154 valence electrons. The van der Waals surface area contributed by atoms with Crippen molar-refractivity contribution in [3.63, 3.8) is 0 Å². The van der Waals surface area contributed by atoms with E-state index < -0.39 is 6.04 Å². The fourth-order valence-corrected chi connectivity index (χ4v) is 3.83. The molecule has 2 aliphatic rings. The summed E-state index contributed by atoms with van der Waals surface area (Å²) in [6.07, 6.45) is 1.20. The molecule has 2 aliphatic heterocycles. The van der Waals surface area contributed by atoms with Gasteiger partial charge in [-0.15, -0.1) is 0 Å². The number of benzene rings is 1. The highest BCUT2D eigenvalue weighted by atomic mass is 16.5. The summed E-state index contributed by atoms with van der Waals surface area (Å²) in [6, 6.07) is 6.69. The quantitative estimate of drug-likeness (QED) is 0.509. The molecule has 0 radical (unpaired) electrons. The van der Waals surface area contributed by atoms with Crippen molar-refractivity contribution in [2.24, 2.45) is 0 Å². The summed E-state index contributed by atoms with van der Waals surface area (Å²) in [7, 11) is 0. The second-order valence-corrected chi connectivity index (χ2v) is 7.33. The Morgan fingerprint density at radius 3 is 2.36 bits per heavy atom. The number of carbonyl (C=O) groups is 2. The molecule has 0 spiro atoms. The van der Waals surface area contributed by atoms with Gasteiger partial charge < -0.3 is 19.9 Å². The van der Waals surface area contributed by atoms with Crippen LogP contribution in [0.25, 0.3) is 0 Å². The van der Waals surface area contributed by atoms with Crippen LogP contribution in [0.4, 0.5) is 5.69 Å². The number of hydrogen-bond acceptors (Lipinski definition) is 6. The van der Waals surface area contributed by atoms with E-state index in [0.29, 0.717) is 12.3 Å². The number of imide groups is 1. The fraction of sp³-hybridized carbons (Fsp3) is 0.619. The largest absolute Gasteiger partial charge is 0.494 e. The first-order chi connectivity index (χ1) is 13.6. The molecule has 2 heterocycles. The van der Waals surface area contributed by atoms with Gasteiger partial charge in [0.25, 0.3) is 5.91 Å². The lowest BCUT2D eigenvalue weighted by molar-refractivity contribution is -0.121. The maximum atomic E-state index is 12.7. The van der Waals surface area contributed by atoms with E-state index in [1.54, 1.807) is 24.3 Å². The Morgan fingerprint density at radius 1 is 1.04 bits per heavy atom. The SMILES string of the molecule is CCOc1ccc(N2C(=O)C[C@H](NCCCN3CCN(CC)CC3)C2=O)cc1. The van der Waals surface area contributed by atoms with Gasteiger partial charge in [0.2, 0.25) is 5.91 Å². The van der Waals surface area contributed by atoms with Gasteiger partial charge in [-0.05, 0) is 57.2 Å². The van der Waals surface area contributed by atoms with Crippen molar-refractivity contribution in [3.8, 4) is 5.75 Å². The summed E-state index contributed by atoms with van der Waals surface area (Å²) in [5, 5.41) is 3.28. The Labute approximate surface area is 167 Å². The first-order valence-corrected chi connectivity index (χ1v) is 10.4. The predicted molar refractivity (Wildman–Crippen MR) is 110 cm³/mol. The molecule has 1 aromatic rings. The highest BCUT2D eigenvalue weighted by molar-refractivity contribution is 6.22. The van der Waals surface area contributed by atoms with Gasteiger partial charge >= 0.3 is 0 Å². The van der Waals surface area contributed by atoms with E-state index in [4.69, 9.17) is 4.74 Å². The Balaban J connectivity index is 1.43. The van der Waals surface area contributed by atoms with Crippen molar-refractivity contribution >= 4 is 17.5 Å². The van der Waals surface area contributed by atoms with E-state index in [-0.39, 0.29) is 18.2 Å². The van der Waals surface area contributed by atoms with E-state index in [1.807, 2.05) is 6.92 Å². The second-order valence-electron chi connectivity index (χ2n) is 7.33. The van der Waals surface area contributed by atoms with Crippen LogP contribution in [0, 0.1) is 0 Å². The molecule has 0 saturated carbocycles. The smallest absolute Gasteiger partial charge is 0.251 e. The van der Waals surface area contributed by atoms with Gasteiger partial charge in [-0.3, -0.25) is 9.59 Å². The van der Waals surface area contributed by atoms with Crippen molar-refractivity contribution in [1.82, 2.24) is 15.1 Å². The van der Waals surface area contributed by atoms with Crippen LogP contribution in [-0.2, 0) is 9.59 Å². The van der Waals surface area contributed by atoms with E-state index in [1.165, 1.54) is 4.90 Å². The minimum atomic E-state index is -0.420. The average molecular weight is 389 g/mol. The highest BCUT2D eigenvalue weighted by Gasteiger charge is 2.39. The molecule has 28 heavy (non-hydrogen) atoms. The van der Waals surface area contributed by atoms with Crippen LogP contribution in [-0.4, -0.2) is 80.1 Å². The number of piperazine rings is 1. The molecular weight excluding hydrogens is 356 g/mol. The lowest BCUT2D eigenvalue weighted by Crippen LogP contribution is -2.47. The van der Waals surface area contributed by atoms with E-state index in [0.717, 1.165) is 58.0 Å². The Bertz CT molecular complexity index is 656. The van der Waals surface area contributed by atoms with Gasteiger partial charge in [0.15, 0.2) is 0 Å². The first kappa shape index (κ1) is 20.8. The average Bonchev–Trinajstić information content (AvgIpc) is 3.00. The molecule has 1 aromatic carbocycles. The van der Waals surface area contributed by atoms with Crippen LogP contribution >= 0.6 is 0 Å². The monoisotopic (exact) mass is 388 g/mol. The second kappa shape index (κ2) is 10.0. The minimum absolute atomic E-state index is 0.151. The summed E-state index contributed by atoms with van der Waals surface area (Å²) in [5.74, 6) is 0.424. The third-order valence-electron chi connectivity index (χ3n) is 5.51. The predicted octanol–water partition coefficient (Wildman–Crippen LogP) is 1.33. The summed E-state index contributed by atoms with van der Waals surface area (Å²) < 4.78 is 5.42. The van der Waals surface area contributed by atoms with Gasteiger partial charge in [-0.25, -0.2) is 4.90 Å². The van der Waals surface area contributed by atoms with E-state index >= 15 is 0 Å². The third kappa shape index (κ3) is 5.10. The number of rotatable bonds is 9. The zero-order valence-electron chi connectivity index (χ0n) is 17.0. The first-order valence-electron chi connectivity index (χ1n) is 10.4. The topological polar surface area (TPSA) is 65.1 Å². The Morgan fingerprint density at radius 2 is 1.71 bits per heavy atom. The minimum Gasteiger partial charge on any atom is -0.494 e. The summed E-state index contributed by atoms with van der Waals surface area (Å²) in [5.41, 5.74) is 0.608. The Kier molecular flexibility index (Phi) is 7.42. The number of hydrogen-bond donors (Lipinski definition) is 1. The summed E-state index contributed by atoms with van der Waals surface area (Å²) in [6.45, 7) is 12.1. The van der Waals surface area contributed by atoms with E-state index in [9.17, 15) is 9.59 Å². The maximum Gasteiger partial charge on any atom is 0.251 e. The molecule has 2 amide bonds. The number of likely N-dealkylation sites (N-methyl/N-ethyl adjacent to an activating group) is 1. The molecule has 7 nitrogen and oxygen atoms in total. The lowest BCUT2D eigenvalue weighted by atomic mass is 10.2. The van der Waals surface area contributed by atoms with Gasteiger partial charge in [-0.1, -0.05) is 6.92 Å². The van der Waals surface area contributed by atoms with Crippen LogP contribution in [0.5, 0.6) is 5.75 Å². The number of carbonyl (C=O) groups excluding carboxylic acids is 2. The van der Waals surface area contributed by atoms with Crippen LogP contribution in [0.1, 0.15) is 26.7 Å². The summed E-state index contributed by atoms with van der Waals surface area (Å²) in [4.78, 5) is 31.3. The summed E-state index contributed by atoms with van der Waals surface area (Å²) >= 11 is 0. The molecule has 2 saturated heterocycles. The molecule has 7 heteroatoms. The number of ether oxygens (including phenoxy) is 1. The van der Waals surface area contributed by atoms with E-state index in [2.05, 4.69) is 22.0 Å². The highest BCUT2D eigenvalue weighted by Crippen LogP contribution is 2.25. The van der Waals surface area contributed by atoms with Crippen LogP contribution in [0.2, 0.25) is 0 Å². The number of amides is 2. The van der Waals surface area contributed by atoms with Crippen molar-refractivity contribution in [2.75, 3.05) is 57.3 Å². The van der Waals surface area contributed by atoms with Crippen LogP contribution < -0.4 is 15.0 Å². The van der Waals surface area contributed by atoms with Crippen molar-refractivity contribution in [1.29, 1.82) is 0 Å². The van der Waals surface area contributed by atoms with Gasteiger partial charge in [0.1, 0.15) is 5.75 Å². The molecule has 0 aromatic heterocycles. The molecule has 1 N–H and O–H groups in total. The van der Waals surface area contributed by atoms with Crippen molar-refractivity contribution in [3.05, 3.63) is 24.3 Å². The fourth-order valence-electron chi connectivity index (χ4n) is 3.83. The zero-order valence-corrected chi connectivity index (χ0v) is 17.0. The number of nitrogens with zero attached hydrogens (tertiary/aromatic N) is 3. The van der Waals surface area contributed by atoms with Crippen molar-refractivity contribution in [2.45, 2.75) is 32.7 Å². The third-order valence-corrected chi connectivity index (χ3v) is 5.51. The number of nitrogens with one attached hydrogen (secondary N) is 1. The molecule has 0 unspecified atom stereocenters. The normalized spacial score (nSPS) is 21.5. The Hall–Kier alpha value is -1.96. The lowest BCUT2D eigenvalue weighted by Gasteiger charge is -2.34. The molecule has 3 rings (SSSR count). The van der Waals surface area contributed by atoms with Gasteiger partial charge in [-0.2, -0.15) is 0 Å². The van der Waals surface area contributed by atoms with Crippen LogP contribution in [0.15, 0.2) is 24.3 Å². The molecule has 1 atom stereocenters. The maximum absolute atomic E-state index is 12.7. The molecule has 0 bridgehead atoms. The van der Waals surface area contributed by atoms with Gasteiger partial charge in [0.05, 0.1) is 24.8 Å². The zero-order chi connectivity index (χ0) is 19.9. The van der Waals surface area contributed by atoms with Crippen molar-refractivity contribution < 1.29 is 14.3 Å². The van der Waals surface area contributed by atoms with Crippen LogP contribution in [0.3, 0.4) is 0 Å². The van der Waals surface area contributed by atoms with Gasteiger partial charge in [0, 0.05) is 26.2 Å². The molecule has 2 fully saturated rings.